The summed E-state index contributed by atoms with van der Waals surface area (Å²) in [6, 6.07) is 6.51. The Balaban J connectivity index is 1.83. The molecule has 1 saturated carbocycles. The van der Waals surface area contributed by atoms with Crippen molar-refractivity contribution >= 4 is 21.7 Å². The maximum absolute atomic E-state index is 13.7. The van der Waals surface area contributed by atoms with Crippen LogP contribution in [0, 0.1) is 23.4 Å². The quantitative estimate of drug-likeness (QED) is 0.647. The minimum Gasteiger partial charge on any atom is -0.379 e. The van der Waals surface area contributed by atoms with Crippen molar-refractivity contribution in [3.8, 4) is 5.75 Å². The van der Waals surface area contributed by atoms with Gasteiger partial charge in [0, 0.05) is 17.7 Å². The van der Waals surface area contributed by atoms with E-state index in [-0.39, 0.29) is 17.6 Å². The van der Waals surface area contributed by atoms with E-state index in [1.54, 1.807) is 0 Å². The highest BCUT2D eigenvalue weighted by molar-refractivity contribution is 7.87. The van der Waals surface area contributed by atoms with Crippen molar-refractivity contribution in [1.82, 2.24) is 0 Å². The van der Waals surface area contributed by atoms with Gasteiger partial charge in [0.2, 0.25) is 5.91 Å². The van der Waals surface area contributed by atoms with E-state index in [9.17, 15) is 26.4 Å². The van der Waals surface area contributed by atoms with Crippen LogP contribution >= 0.6 is 0 Å². The maximum Gasteiger partial charge on any atom is 0.342 e. The number of nitrogens with one attached hydrogen (secondary N) is 1. The molecule has 1 aliphatic rings. The number of hydrogen-bond acceptors (Lipinski definition) is 4. The Morgan fingerprint density at radius 2 is 1.80 bits per heavy atom. The average molecular weight is 371 g/mol. The first-order valence-corrected chi connectivity index (χ1v) is 8.67. The molecule has 1 amide bonds. The Labute approximate surface area is 141 Å². The summed E-state index contributed by atoms with van der Waals surface area (Å²) in [4.78, 5) is 10.6. The predicted molar refractivity (Wildman–Crippen MR) is 81.9 cm³/mol. The molecule has 2 aromatic rings. The first kappa shape index (κ1) is 17.3. The molecular formula is C16H12F3NO4S. The molecule has 1 fully saturated rings. The van der Waals surface area contributed by atoms with Gasteiger partial charge in [-0.3, -0.25) is 4.79 Å². The second-order valence-corrected chi connectivity index (χ2v) is 7.02. The molecule has 0 aliphatic heterocycles. The van der Waals surface area contributed by atoms with Crippen molar-refractivity contribution < 1.29 is 30.6 Å². The highest BCUT2D eigenvalue weighted by atomic mass is 32.2. The van der Waals surface area contributed by atoms with Gasteiger partial charge in [-0.1, -0.05) is 6.07 Å². The fourth-order valence-corrected chi connectivity index (χ4v) is 3.08. The molecule has 0 saturated heterocycles. The maximum atomic E-state index is 13.7. The summed E-state index contributed by atoms with van der Waals surface area (Å²) >= 11 is 0. The van der Waals surface area contributed by atoms with Gasteiger partial charge >= 0.3 is 10.1 Å². The van der Waals surface area contributed by atoms with E-state index in [4.69, 9.17) is 4.18 Å². The lowest BCUT2D eigenvalue weighted by Gasteiger charge is -2.10. The first-order valence-electron chi connectivity index (χ1n) is 7.27. The molecule has 0 aromatic heterocycles. The Kier molecular flexibility index (Phi) is 4.42. The molecule has 0 spiro atoms. The van der Waals surface area contributed by atoms with Crippen molar-refractivity contribution in [3.63, 3.8) is 0 Å². The highest BCUT2D eigenvalue weighted by Gasteiger charge is 2.30. The molecule has 0 atom stereocenters. The molecule has 1 N–H and O–H groups in total. The summed E-state index contributed by atoms with van der Waals surface area (Å²) in [6.07, 6.45) is 1.59. The van der Waals surface area contributed by atoms with E-state index in [1.165, 1.54) is 24.3 Å². The van der Waals surface area contributed by atoms with Crippen LogP contribution in [-0.4, -0.2) is 14.3 Å². The van der Waals surface area contributed by atoms with Crippen LogP contribution in [0.25, 0.3) is 0 Å². The van der Waals surface area contributed by atoms with Gasteiger partial charge in [0.25, 0.3) is 0 Å². The summed E-state index contributed by atoms with van der Waals surface area (Å²) in [5.41, 5.74) is 0.301. The van der Waals surface area contributed by atoms with Crippen LogP contribution in [0.4, 0.5) is 18.9 Å². The van der Waals surface area contributed by atoms with E-state index >= 15 is 0 Å². The second-order valence-electron chi connectivity index (χ2n) is 5.50. The van der Waals surface area contributed by atoms with Crippen molar-refractivity contribution in [1.29, 1.82) is 0 Å². The monoisotopic (exact) mass is 371 g/mol. The normalized spacial score (nSPS) is 14.2. The molecule has 0 radical (unpaired) electrons. The SMILES string of the molecule is O=C(Nc1cccc(OS(=O)(=O)c2ccc(F)c(F)c2F)c1)C1CC1. The van der Waals surface area contributed by atoms with Crippen LogP contribution in [-0.2, 0) is 14.9 Å². The van der Waals surface area contributed by atoms with Gasteiger partial charge < -0.3 is 9.50 Å². The lowest BCUT2D eigenvalue weighted by atomic mass is 10.3. The summed E-state index contributed by atoms with van der Waals surface area (Å²) in [5.74, 6) is -5.73. The zero-order chi connectivity index (χ0) is 18.2. The fraction of sp³-hybridized carbons (Fsp3) is 0.188. The van der Waals surface area contributed by atoms with Crippen molar-refractivity contribution in [2.24, 2.45) is 5.92 Å². The lowest BCUT2D eigenvalue weighted by molar-refractivity contribution is -0.117. The number of halogens is 3. The molecule has 1 aliphatic carbocycles. The van der Waals surface area contributed by atoms with Crippen LogP contribution in [0.1, 0.15) is 12.8 Å². The van der Waals surface area contributed by atoms with Gasteiger partial charge in [-0.2, -0.15) is 8.42 Å². The third-order valence-corrected chi connectivity index (χ3v) is 4.79. The van der Waals surface area contributed by atoms with E-state index < -0.39 is 32.5 Å². The minimum absolute atomic E-state index is 0.0513. The predicted octanol–water partition coefficient (Wildman–Crippen LogP) is 3.22. The number of carbonyl (C=O) groups is 1. The summed E-state index contributed by atoms with van der Waals surface area (Å²) in [7, 11) is -4.73. The van der Waals surface area contributed by atoms with Gasteiger partial charge in [-0.15, -0.1) is 0 Å². The van der Waals surface area contributed by atoms with Crippen LogP contribution in [0.2, 0.25) is 0 Å². The number of rotatable bonds is 5. The Bertz CT molecular complexity index is 942. The summed E-state index contributed by atoms with van der Waals surface area (Å²) < 4.78 is 68.8. The second kappa shape index (κ2) is 6.40. The fourth-order valence-electron chi connectivity index (χ4n) is 2.09. The van der Waals surface area contributed by atoms with Crippen molar-refractivity contribution in [3.05, 3.63) is 53.8 Å². The third-order valence-electron chi connectivity index (χ3n) is 3.52. The summed E-state index contributed by atoms with van der Waals surface area (Å²) in [6.45, 7) is 0. The van der Waals surface area contributed by atoms with E-state index in [2.05, 4.69) is 5.32 Å². The molecule has 5 nitrogen and oxygen atoms in total. The van der Waals surface area contributed by atoms with Gasteiger partial charge in [0.1, 0.15) is 10.6 Å². The molecular weight excluding hydrogens is 359 g/mol. The highest BCUT2D eigenvalue weighted by Crippen LogP contribution is 2.31. The van der Waals surface area contributed by atoms with Crippen LogP contribution in [0.3, 0.4) is 0 Å². The van der Waals surface area contributed by atoms with Crippen LogP contribution in [0.15, 0.2) is 41.3 Å². The molecule has 132 valence electrons. The topological polar surface area (TPSA) is 72.5 Å². The molecule has 0 heterocycles. The third kappa shape index (κ3) is 3.76. The number of amides is 1. The molecule has 25 heavy (non-hydrogen) atoms. The van der Waals surface area contributed by atoms with Gasteiger partial charge in [-0.05, 0) is 37.1 Å². The van der Waals surface area contributed by atoms with Gasteiger partial charge in [0.15, 0.2) is 17.5 Å². The van der Waals surface area contributed by atoms with E-state index in [1.807, 2.05) is 0 Å². The summed E-state index contributed by atoms with van der Waals surface area (Å²) in [5, 5.41) is 2.60. The van der Waals surface area contributed by atoms with Gasteiger partial charge in [-0.25, -0.2) is 13.2 Å². The standard InChI is InChI=1S/C16H12F3NO4S/c17-12-6-7-13(15(19)14(12)18)25(22,23)24-11-3-1-2-10(8-11)20-16(21)9-4-5-9/h1-3,6-9H,4-5H2,(H,20,21). The number of hydrogen-bond donors (Lipinski definition) is 1. The number of benzene rings is 2. The number of carbonyl (C=O) groups excluding carboxylic acids is 1. The zero-order valence-electron chi connectivity index (χ0n) is 12.6. The first-order chi connectivity index (χ1) is 11.8. The molecule has 9 heteroatoms. The van der Waals surface area contributed by atoms with E-state index in [0.29, 0.717) is 17.8 Å². The zero-order valence-corrected chi connectivity index (χ0v) is 13.4. The molecule has 0 unspecified atom stereocenters. The van der Waals surface area contributed by atoms with E-state index in [0.717, 1.165) is 12.8 Å². The molecule has 2 aromatic carbocycles. The van der Waals surface area contributed by atoms with Gasteiger partial charge in [0.05, 0.1) is 0 Å². The largest absolute Gasteiger partial charge is 0.379 e. The average Bonchev–Trinajstić information content (AvgIpc) is 3.37. The smallest absolute Gasteiger partial charge is 0.342 e. The lowest BCUT2D eigenvalue weighted by Crippen LogP contribution is -2.15. The Morgan fingerprint density at radius 1 is 1.08 bits per heavy atom. The Hall–Kier alpha value is -2.55. The van der Waals surface area contributed by atoms with Crippen molar-refractivity contribution in [2.45, 2.75) is 17.7 Å². The molecule has 3 rings (SSSR count). The number of anilines is 1. The van der Waals surface area contributed by atoms with Crippen LogP contribution < -0.4 is 9.50 Å². The van der Waals surface area contributed by atoms with Crippen molar-refractivity contribution in [2.75, 3.05) is 5.32 Å². The Morgan fingerprint density at radius 3 is 2.48 bits per heavy atom. The van der Waals surface area contributed by atoms with Crippen LogP contribution in [0.5, 0.6) is 5.75 Å². The molecule has 0 bridgehead atoms. The minimum atomic E-state index is -4.73.